The molecule has 17 heavy (non-hydrogen) atoms. The Morgan fingerprint density at radius 1 is 1.41 bits per heavy atom. The molecular weight excluding hydrogens is 227 g/mol. The molecule has 0 unspecified atom stereocenters. The zero-order valence-corrected chi connectivity index (χ0v) is 9.91. The molecule has 0 N–H and O–H groups in total. The van der Waals surface area contributed by atoms with Crippen LogP contribution in [-0.2, 0) is 19.0 Å². The number of ether oxygens (including phenoxy) is 3. The second kappa shape index (κ2) is 5.14. The van der Waals surface area contributed by atoms with Crippen molar-refractivity contribution >= 4 is 5.97 Å². The maximum atomic E-state index is 13.3. The Labute approximate surface area is 99.7 Å². The van der Waals surface area contributed by atoms with E-state index in [0.29, 0.717) is 6.61 Å². The Kier molecular flexibility index (Phi) is 3.79. The number of hydrogen-bond donors (Lipinski definition) is 0. The zero-order chi connectivity index (χ0) is 12.3. The van der Waals surface area contributed by atoms with E-state index in [1.165, 1.54) is 6.42 Å². The van der Waals surface area contributed by atoms with Crippen LogP contribution in [0.2, 0.25) is 0 Å². The van der Waals surface area contributed by atoms with Crippen molar-refractivity contribution < 1.29 is 23.4 Å². The van der Waals surface area contributed by atoms with E-state index in [2.05, 4.69) is 4.74 Å². The highest BCUT2D eigenvalue weighted by Crippen LogP contribution is 2.38. The van der Waals surface area contributed by atoms with Crippen LogP contribution >= 0.6 is 0 Å². The normalized spacial score (nSPS) is 28.4. The van der Waals surface area contributed by atoms with Gasteiger partial charge in [0.1, 0.15) is 6.10 Å². The maximum Gasteiger partial charge on any atom is 0.366 e. The Balaban J connectivity index is 1.95. The minimum absolute atomic E-state index is 0.296. The van der Waals surface area contributed by atoms with E-state index in [1.54, 1.807) is 0 Å². The van der Waals surface area contributed by atoms with Gasteiger partial charge in [-0.1, -0.05) is 6.42 Å². The van der Waals surface area contributed by atoms with E-state index in [0.717, 1.165) is 38.9 Å². The first-order chi connectivity index (χ1) is 8.15. The number of methoxy groups -OCH3 is 1. The lowest BCUT2D eigenvalue weighted by Gasteiger charge is -2.31. The van der Waals surface area contributed by atoms with Crippen LogP contribution < -0.4 is 0 Å². The highest BCUT2D eigenvalue weighted by molar-refractivity contribution is 5.85. The summed E-state index contributed by atoms with van der Waals surface area (Å²) in [5.41, 5.74) is 0. The number of hydrogen-bond acceptors (Lipinski definition) is 4. The Hall–Kier alpha value is -0.940. The summed E-state index contributed by atoms with van der Waals surface area (Å²) in [4.78, 5) is 10.9. The molecule has 2 rings (SSSR count). The van der Waals surface area contributed by atoms with Crippen LogP contribution in [0.15, 0.2) is 11.9 Å². The van der Waals surface area contributed by atoms with Crippen molar-refractivity contribution in [1.29, 1.82) is 0 Å². The number of carbonyl (C=O) groups is 1. The molecular formula is C12H17FO4. The topological polar surface area (TPSA) is 44.8 Å². The van der Waals surface area contributed by atoms with E-state index in [1.807, 2.05) is 0 Å². The highest BCUT2D eigenvalue weighted by Gasteiger charge is 2.41. The molecule has 0 radical (unpaired) electrons. The minimum atomic E-state index is -0.974. The average Bonchev–Trinajstić information content (AvgIpc) is 2.72. The molecule has 1 spiro atoms. The van der Waals surface area contributed by atoms with Crippen molar-refractivity contribution in [3.63, 3.8) is 0 Å². The maximum absolute atomic E-state index is 13.3. The highest BCUT2D eigenvalue weighted by atomic mass is 19.1. The number of halogens is 1. The van der Waals surface area contributed by atoms with Gasteiger partial charge in [0.05, 0.1) is 13.7 Å². The van der Waals surface area contributed by atoms with Gasteiger partial charge in [-0.15, -0.1) is 0 Å². The van der Waals surface area contributed by atoms with E-state index >= 15 is 0 Å². The fourth-order valence-electron chi connectivity index (χ4n) is 2.34. The van der Waals surface area contributed by atoms with Gasteiger partial charge in [-0.05, 0) is 18.9 Å². The predicted octanol–water partition coefficient (Wildman–Crippen LogP) is 2.09. The molecule has 5 heteroatoms. The molecule has 1 saturated carbocycles. The quantitative estimate of drug-likeness (QED) is 0.551. The summed E-state index contributed by atoms with van der Waals surface area (Å²) in [5, 5.41) is 0. The summed E-state index contributed by atoms with van der Waals surface area (Å²) in [6.45, 7) is 0.296. The third kappa shape index (κ3) is 2.84. The van der Waals surface area contributed by atoms with Crippen LogP contribution in [0.3, 0.4) is 0 Å². The molecule has 1 saturated heterocycles. The van der Waals surface area contributed by atoms with Crippen molar-refractivity contribution in [1.82, 2.24) is 0 Å². The molecule has 0 aromatic rings. The van der Waals surface area contributed by atoms with E-state index < -0.39 is 23.7 Å². The van der Waals surface area contributed by atoms with Crippen LogP contribution in [0.4, 0.5) is 4.39 Å². The van der Waals surface area contributed by atoms with Gasteiger partial charge in [-0.3, -0.25) is 0 Å². The van der Waals surface area contributed by atoms with Gasteiger partial charge in [0, 0.05) is 12.8 Å². The van der Waals surface area contributed by atoms with Gasteiger partial charge in [0.2, 0.25) is 5.83 Å². The molecule has 2 fully saturated rings. The van der Waals surface area contributed by atoms with Crippen LogP contribution in [0.25, 0.3) is 0 Å². The van der Waals surface area contributed by atoms with E-state index in [9.17, 15) is 9.18 Å². The summed E-state index contributed by atoms with van der Waals surface area (Å²) in [5.74, 6) is -2.44. The molecule has 0 aromatic heterocycles. The first-order valence-corrected chi connectivity index (χ1v) is 5.93. The molecule has 4 nitrogen and oxygen atoms in total. The first kappa shape index (κ1) is 12.5. The van der Waals surface area contributed by atoms with Crippen molar-refractivity contribution in [3.8, 4) is 0 Å². The fraction of sp³-hybridized carbons (Fsp3) is 0.750. The lowest BCUT2D eigenvalue weighted by atomic mass is 9.94. The standard InChI is InChI=1S/C12H17FO4/c1-15-11(14)10(13)7-9-8-16-12(17-9)5-3-2-4-6-12/h7,9H,2-6,8H2,1H3/b10-7+/t9-/m0/s1. The molecule has 1 aliphatic heterocycles. The summed E-state index contributed by atoms with van der Waals surface area (Å²) in [6.07, 6.45) is 5.65. The molecule has 2 aliphatic rings. The van der Waals surface area contributed by atoms with Gasteiger partial charge in [0.15, 0.2) is 5.79 Å². The van der Waals surface area contributed by atoms with Crippen LogP contribution in [0.1, 0.15) is 32.1 Å². The van der Waals surface area contributed by atoms with Crippen LogP contribution in [-0.4, -0.2) is 31.6 Å². The van der Waals surface area contributed by atoms with Crippen molar-refractivity contribution in [2.75, 3.05) is 13.7 Å². The summed E-state index contributed by atoms with van der Waals surface area (Å²) < 4.78 is 28.9. The van der Waals surface area contributed by atoms with Gasteiger partial charge < -0.3 is 14.2 Å². The third-order valence-corrected chi connectivity index (χ3v) is 3.20. The summed E-state index contributed by atoms with van der Waals surface area (Å²) >= 11 is 0. The van der Waals surface area contributed by atoms with Gasteiger partial charge in [0.25, 0.3) is 0 Å². The fourth-order valence-corrected chi connectivity index (χ4v) is 2.34. The third-order valence-electron chi connectivity index (χ3n) is 3.20. The van der Waals surface area contributed by atoms with E-state index in [-0.39, 0.29) is 0 Å². The Bertz CT molecular complexity index is 320. The number of rotatable bonds is 2. The zero-order valence-electron chi connectivity index (χ0n) is 9.91. The molecule has 1 aliphatic carbocycles. The van der Waals surface area contributed by atoms with Crippen molar-refractivity contribution in [3.05, 3.63) is 11.9 Å². The second-order valence-electron chi connectivity index (χ2n) is 4.44. The molecule has 1 atom stereocenters. The second-order valence-corrected chi connectivity index (χ2v) is 4.44. The largest absolute Gasteiger partial charge is 0.464 e. The minimum Gasteiger partial charge on any atom is -0.464 e. The average molecular weight is 244 g/mol. The summed E-state index contributed by atoms with van der Waals surface area (Å²) in [6, 6.07) is 0. The van der Waals surface area contributed by atoms with Crippen LogP contribution in [0, 0.1) is 0 Å². The first-order valence-electron chi connectivity index (χ1n) is 5.93. The lowest BCUT2D eigenvalue weighted by Crippen LogP contribution is -2.33. The molecule has 1 heterocycles. The number of esters is 1. The predicted molar refractivity (Wildman–Crippen MR) is 57.8 cm³/mol. The smallest absolute Gasteiger partial charge is 0.366 e. The van der Waals surface area contributed by atoms with Crippen LogP contribution in [0.5, 0.6) is 0 Å². The summed E-state index contributed by atoms with van der Waals surface area (Å²) in [7, 11) is 1.14. The van der Waals surface area contributed by atoms with Gasteiger partial charge in [-0.25, -0.2) is 4.79 Å². The lowest BCUT2D eigenvalue weighted by molar-refractivity contribution is -0.183. The van der Waals surface area contributed by atoms with Gasteiger partial charge >= 0.3 is 5.97 Å². The van der Waals surface area contributed by atoms with Crippen molar-refractivity contribution in [2.24, 2.45) is 0 Å². The van der Waals surface area contributed by atoms with Crippen molar-refractivity contribution in [2.45, 2.75) is 44.0 Å². The Morgan fingerprint density at radius 2 is 2.12 bits per heavy atom. The SMILES string of the molecule is COC(=O)/C(F)=C\[C@H]1COC2(CCCCC2)O1. The Morgan fingerprint density at radius 3 is 2.76 bits per heavy atom. The molecule has 0 bridgehead atoms. The monoisotopic (exact) mass is 244 g/mol. The molecule has 96 valence electrons. The number of carbonyl (C=O) groups excluding carboxylic acids is 1. The molecule has 0 amide bonds. The van der Waals surface area contributed by atoms with Gasteiger partial charge in [-0.2, -0.15) is 4.39 Å². The van der Waals surface area contributed by atoms with E-state index in [4.69, 9.17) is 9.47 Å². The molecule has 0 aromatic carbocycles.